The highest BCUT2D eigenvalue weighted by Gasteiger charge is 2.21. The van der Waals surface area contributed by atoms with E-state index >= 15 is 0 Å². The van der Waals surface area contributed by atoms with Gasteiger partial charge in [-0.15, -0.1) is 0 Å². The summed E-state index contributed by atoms with van der Waals surface area (Å²) in [6, 6.07) is 4.35. The Morgan fingerprint density at radius 3 is 2.41 bits per heavy atom. The van der Waals surface area contributed by atoms with E-state index in [1.807, 2.05) is 12.4 Å². The lowest BCUT2D eigenvalue weighted by atomic mass is 9.87. The summed E-state index contributed by atoms with van der Waals surface area (Å²) >= 11 is 0. The lowest BCUT2D eigenvalue weighted by Gasteiger charge is -2.31. The summed E-state index contributed by atoms with van der Waals surface area (Å²) < 4.78 is 0. The minimum absolute atomic E-state index is 0.172. The normalized spacial score (nSPS) is 14.0. The largest absolute Gasteiger partial charge is 0.326 e. The number of pyridine rings is 1. The average molecular weight is 235 g/mol. The number of rotatable bonds is 5. The summed E-state index contributed by atoms with van der Waals surface area (Å²) in [7, 11) is 2.13. The maximum atomic E-state index is 6.17. The lowest BCUT2D eigenvalue weighted by molar-refractivity contribution is 0.228. The zero-order chi connectivity index (χ0) is 12.9. The van der Waals surface area contributed by atoms with Crippen LogP contribution in [0.2, 0.25) is 0 Å². The Bertz CT molecular complexity index is 316. The second-order valence-corrected chi connectivity index (χ2v) is 5.84. The zero-order valence-electron chi connectivity index (χ0n) is 11.5. The van der Waals surface area contributed by atoms with Gasteiger partial charge in [0, 0.05) is 31.5 Å². The van der Waals surface area contributed by atoms with Crippen molar-refractivity contribution in [3.8, 4) is 0 Å². The monoisotopic (exact) mass is 235 g/mol. The molecule has 1 atom stereocenters. The fraction of sp³-hybridized carbons (Fsp3) is 0.643. The van der Waals surface area contributed by atoms with Crippen molar-refractivity contribution < 1.29 is 0 Å². The van der Waals surface area contributed by atoms with Gasteiger partial charge in [-0.05, 0) is 36.6 Å². The maximum absolute atomic E-state index is 6.17. The Hall–Kier alpha value is -0.930. The van der Waals surface area contributed by atoms with E-state index in [9.17, 15) is 0 Å². The molecule has 0 unspecified atom stereocenters. The van der Waals surface area contributed by atoms with E-state index in [4.69, 9.17) is 5.73 Å². The predicted octanol–water partition coefficient (Wildman–Crippen LogP) is 1.93. The van der Waals surface area contributed by atoms with Crippen LogP contribution in [0.5, 0.6) is 0 Å². The van der Waals surface area contributed by atoms with Crippen molar-refractivity contribution >= 4 is 0 Å². The zero-order valence-corrected chi connectivity index (χ0v) is 11.5. The van der Waals surface area contributed by atoms with Crippen LogP contribution in [0.15, 0.2) is 24.5 Å². The molecule has 0 fully saturated rings. The van der Waals surface area contributed by atoms with Crippen molar-refractivity contribution in [2.24, 2.45) is 11.1 Å². The summed E-state index contributed by atoms with van der Waals surface area (Å²) in [5.74, 6) is 0. The number of hydrogen-bond acceptors (Lipinski definition) is 3. The predicted molar refractivity (Wildman–Crippen MR) is 72.9 cm³/mol. The third kappa shape index (κ3) is 5.29. The SMILES string of the molecule is CN(CCc1ccncc1)C[C@H](N)C(C)(C)C. The topological polar surface area (TPSA) is 42.2 Å². The van der Waals surface area contributed by atoms with Crippen molar-refractivity contribution in [3.05, 3.63) is 30.1 Å². The first kappa shape index (κ1) is 14.1. The van der Waals surface area contributed by atoms with Gasteiger partial charge in [-0.3, -0.25) is 4.98 Å². The Morgan fingerprint density at radius 1 is 1.29 bits per heavy atom. The molecule has 3 heteroatoms. The van der Waals surface area contributed by atoms with E-state index in [2.05, 4.69) is 49.8 Å². The fourth-order valence-corrected chi connectivity index (χ4v) is 1.57. The average Bonchev–Trinajstić information content (AvgIpc) is 2.26. The fourth-order valence-electron chi connectivity index (χ4n) is 1.57. The van der Waals surface area contributed by atoms with Crippen LogP contribution in [0.25, 0.3) is 0 Å². The van der Waals surface area contributed by atoms with Crippen molar-refractivity contribution in [1.82, 2.24) is 9.88 Å². The summed E-state index contributed by atoms with van der Waals surface area (Å²) in [5, 5.41) is 0. The van der Waals surface area contributed by atoms with Gasteiger partial charge in [0.25, 0.3) is 0 Å². The molecule has 0 aromatic carbocycles. The third-order valence-electron chi connectivity index (χ3n) is 3.15. The third-order valence-corrected chi connectivity index (χ3v) is 3.15. The summed E-state index contributed by atoms with van der Waals surface area (Å²) in [6.45, 7) is 8.54. The molecule has 0 amide bonds. The highest BCUT2D eigenvalue weighted by atomic mass is 15.1. The van der Waals surface area contributed by atoms with Gasteiger partial charge in [-0.1, -0.05) is 20.8 Å². The van der Waals surface area contributed by atoms with E-state index in [1.165, 1.54) is 5.56 Å². The van der Waals surface area contributed by atoms with Crippen LogP contribution in [0.3, 0.4) is 0 Å². The summed E-state index contributed by atoms with van der Waals surface area (Å²) in [5.41, 5.74) is 7.67. The number of aromatic nitrogens is 1. The number of likely N-dealkylation sites (N-methyl/N-ethyl adjacent to an activating group) is 1. The molecule has 1 heterocycles. The Kier molecular flexibility index (Phi) is 5.09. The van der Waals surface area contributed by atoms with Gasteiger partial charge in [0.2, 0.25) is 0 Å². The van der Waals surface area contributed by atoms with E-state index in [-0.39, 0.29) is 11.5 Å². The van der Waals surface area contributed by atoms with Gasteiger partial charge in [0.15, 0.2) is 0 Å². The molecule has 0 aliphatic carbocycles. The second kappa shape index (κ2) is 6.12. The van der Waals surface area contributed by atoms with E-state index in [1.54, 1.807) is 0 Å². The van der Waals surface area contributed by atoms with Gasteiger partial charge in [0.05, 0.1) is 0 Å². The molecule has 96 valence electrons. The van der Waals surface area contributed by atoms with Crippen LogP contribution in [0.4, 0.5) is 0 Å². The second-order valence-electron chi connectivity index (χ2n) is 5.84. The van der Waals surface area contributed by atoms with Crippen LogP contribution in [-0.2, 0) is 6.42 Å². The number of nitrogens with two attached hydrogens (primary N) is 1. The van der Waals surface area contributed by atoms with Crippen LogP contribution < -0.4 is 5.73 Å². The van der Waals surface area contributed by atoms with Crippen LogP contribution in [0, 0.1) is 5.41 Å². The molecule has 1 aromatic rings. The lowest BCUT2D eigenvalue weighted by Crippen LogP contribution is -2.44. The highest BCUT2D eigenvalue weighted by Crippen LogP contribution is 2.17. The smallest absolute Gasteiger partial charge is 0.0270 e. The first-order chi connectivity index (χ1) is 7.89. The molecule has 0 radical (unpaired) electrons. The van der Waals surface area contributed by atoms with E-state index < -0.39 is 0 Å². The molecule has 0 saturated heterocycles. The Morgan fingerprint density at radius 2 is 1.88 bits per heavy atom. The molecule has 1 rings (SSSR count). The minimum Gasteiger partial charge on any atom is -0.326 e. The van der Waals surface area contributed by atoms with Crippen LogP contribution in [0.1, 0.15) is 26.3 Å². The van der Waals surface area contributed by atoms with Gasteiger partial charge < -0.3 is 10.6 Å². The molecular formula is C14H25N3. The van der Waals surface area contributed by atoms with Crippen LogP contribution in [-0.4, -0.2) is 36.1 Å². The molecule has 3 nitrogen and oxygen atoms in total. The Balaban J connectivity index is 2.33. The first-order valence-corrected chi connectivity index (χ1v) is 6.22. The molecule has 0 aliphatic heterocycles. The quantitative estimate of drug-likeness (QED) is 0.848. The van der Waals surface area contributed by atoms with Crippen molar-refractivity contribution in [2.45, 2.75) is 33.2 Å². The van der Waals surface area contributed by atoms with Gasteiger partial charge in [0.1, 0.15) is 0 Å². The van der Waals surface area contributed by atoms with Gasteiger partial charge in [-0.25, -0.2) is 0 Å². The highest BCUT2D eigenvalue weighted by molar-refractivity contribution is 5.09. The molecule has 1 aromatic heterocycles. The van der Waals surface area contributed by atoms with Crippen molar-refractivity contribution in [1.29, 1.82) is 0 Å². The van der Waals surface area contributed by atoms with Crippen molar-refractivity contribution in [3.63, 3.8) is 0 Å². The van der Waals surface area contributed by atoms with Crippen LogP contribution >= 0.6 is 0 Å². The molecule has 0 spiro atoms. The van der Waals surface area contributed by atoms with Crippen molar-refractivity contribution in [2.75, 3.05) is 20.1 Å². The van der Waals surface area contributed by atoms with E-state index in [0.717, 1.165) is 19.5 Å². The molecule has 2 N–H and O–H groups in total. The van der Waals surface area contributed by atoms with Gasteiger partial charge >= 0.3 is 0 Å². The Labute approximate surface area is 105 Å². The maximum Gasteiger partial charge on any atom is 0.0270 e. The number of hydrogen-bond donors (Lipinski definition) is 1. The molecule has 0 aliphatic rings. The molecule has 0 bridgehead atoms. The summed E-state index contributed by atoms with van der Waals surface area (Å²) in [6.07, 6.45) is 4.74. The number of nitrogens with zero attached hydrogens (tertiary/aromatic N) is 2. The van der Waals surface area contributed by atoms with E-state index in [0.29, 0.717) is 0 Å². The minimum atomic E-state index is 0.172. The summed E-state index contributed by atoms with van der Waals surface area (Å²) in [4.78, 5) is 6.32. The first-order valence-electron chi connectivity index (χ1n) is 6.22. The molecular weight excluding hydrogens is 210 g/mol. The molecule has 0 saturated carbocycles. The molecule has 17 heavy (non-hydrogen) atoms. The van der Waals surface area contributed by atoms with Gasteiger partial charge in [-0.2, -0.15) is 0 Å². The standard InChI is InChI=1S/C14H25N3/c1-14(2,3)13(15)11-17(4)10-7-12-5-8-16-9-6-12/h5-6,8-9,13H,7,10-11,15H2,1-4H3/t13-/m0/s1.